The lowest BCUT2D eigenvalue weighted by molar-refractivity contribution is -0.120. The Labute approximate surface area is 123 Å². The maximum Gasteiger partial charge on any atom is 0.248 e. The minimum atomic E-state index is -0.408. The molecule has 2 heterocycles. The molecular formula is C15H18N4O2. The number of fused-ring (bicyclic) bond motifs is 1. The summed E-state index contributed by atoms with van der Waals surface area (Å²) < 4.78 is 7.35. The number of carbonyl (C=O) groups is 1. The highest BCUT2D eigenvalue weighted by atomic mass is 16.5. The molecule has 2 aromatic rings. The summed E-state index contributed by atoms with van der Waals surface area (Å²) >= 11 is 0. The molecule has 6 nitrogen and oxygen atoms in total. The topological polar surface area (TPSA) is 59.4 Å². The summed E-state index contributed by atoms with van der Waals surface area (Å²) in [4.78, 5) is 14.4. The summed E-state index contributed by atoms with van der Waals surface area (Å²) in [6.07, 6.45) is 3.49. The number of carbonyl (C=O) groups excluding carboxylic acids is 1. The van der Waals surface area contributed by atoms with E-state index in [9.17, 15) is 4.79 Å². The number of likely N-dealkylation sites (N-methyl/N-ethyl adjacent to an activating group) is 1. The van der Waals surface area contributed by atoms with Crippen LogP contribution in [0.5, 0.6) is 5.75 Å². The molecule has 1 aliphatic heterocycles. The fraction of sp³-hybridized carbons (Fsp3) is 0.333. The number of anilines is 1. The van der Waals surface area contributed by atoms with Crippen molar-refractivity contribution >= 4 is 11.6 Å². The van der Waals surface area contributed by atoms with E-state index < -0.39 is 6.04 Å². The van der Waals surface area contributed by atoms with E-state index >= 15 is 0 Å². The normalized spacial score (nSPS) is 17.5. The molecule has 3 rings (SSSR count). The summed E-state index contributed by atoms with van der Waals surface area (Å²) in [5.74, 6) is 0.737. The van der Waals surface area contributed by atoms with Crippen molar-refractivity contribution in [2.24, 2.45) is 7.05 Å². The molecule has 0 saturated carbocycles. The average Bonchev–Trinajstić information content (AvgIpc) is 2.82. The first-order valence-electron chi connectivity index (χ1n) is 6.88. The first kappa shape index (κ1) is 13.6. The van der Waals surface area contributed by atoms with Crippen molar-refractivity contribution in [1.82, 2.24) is 15.1 Å². The fourth-order valence-electron chi connectivity index (χ4n) is 2.45. The molecule has 0 saturated heterocycles. The quantitative estimate of drug-likeness (QED) is 0.898. The third-order valence-electron chi connectivity index (χ3n) is 3.59. The van der Waals surface area contributed by atoms with E-state index in [1.54, 1.807) is 22.8 Å². The van der Waals surface area contributed by atoms with Gasteiger partial charge in [0.05, 0.1) is 11.9 Å². The Morgan fingerprint density at radius 2 is 2.29 bits per heavy atom. The van der Waals surface area contributed by atoms with Crippen molar-refractivity contribution in [2.75, 3.05) is 25.1 Å². The summed E-state index contributed by atoms with van der Waals surface area (Å²) in [6, 6.07) is 7.24. The largest absolute Gasteiger partial charge is 0.492 e. The van der Waals surface area contributed by atoms with E-state index in [2.05, 4.69) is 10.4 Å². The molecule has 0 bridgehead atoms. The molecule has 0 fully saturated rings. The molecule has 1 aromatic heterocycles. The molecule has 0 aliphatic carbocycles. The van der Waals surface area contributed by atoms with Crippen LogP contribution >= 0.6 is 0 Å². The van der Waals surface area contributed by atoms with Gasteiger partial charge >= 0.3 is 0 Å². The molecule has 1 aliphatic rings. The van der Waals surface area contributed by atoms with Crippen LogP contribution in [0.1, 0.15) is 11.6 Å². The van der Waals surface area contributed by atoms with Crippen molar-refractivity contribution in [3.63, 3.8) is 0 Å². The van der Waals surface area contributed by atoms with Crippen LogP contribution in [0.15, 0.2) is 36.7 Å². The van der Waals surface area contributed by atoms with Gasteiger partial charge in [0.2, 0.25) is 5.91 Å². The molecule has 110 valence electrons. The molecule has 1 unspecified atom stereocenters. The number of nitrogens with one attached hydrogen (secondary N) is 1. The van der Waals surface area contributed by atoms with Gasteiger partial charge in [-0.15, -0.1) is 0 Å². The zero-order valence-corrected chi connectivity index (χ0v) is 12.1. The van der Waals surface area contributed by atoms with Crippen LogP contribution in [0, 0.1) is 0 Å². The highest BCUT2D eigenvalue weighted by molar-refractivity contribution is 5.97. The van der Waals surface area contributed by atoms with Gasteiger partial charge in [0.1, 0.15) is 18.4 Å². The number of aromatic nitrogens is 2. The number of rotatable bonds is 2. The second kappa shape index (κ2) is 5.57. The first-order valence-corrected chi connectivity index (χ1v) is 6.88. The molecule has 0 radical (unpaired) electrons. The van der Waals surface area contributed by atoms with E-state index in [-0.39, 0.29) is 5.91 Å². The number of hydrogen-bond donors (Lipinski definition) is 1. The Hall–Kier alpha value is -2.34. The first-order chi connectivity index (χ1) is 10.2. The lowest BCUT2D eigenvalue weighted by atomic mass is 10.0. The van der Waals surface area contributed by atoms with Crippen LogP contribution in [0.25, 0.3) is 0 Å². The number of hydrogen-bond acceptors (Lipinski definition) is 4. The van der Waals surface area contributed by atoms with Crippen molar-refractivity contribution in [3.05, 3.63) is 42.2 Å². The van der Waals surface area contributed by atoms with Crippen molar-refractivity contribution in [3.8, 4) is 5.75 Å². The van der Waals surface area contributed by atoms with Crippen LogP contribution < -0.4 is 15.0 Å². The maximum absolute atomic E-state index is 12.8. The van der Waals surface area contributed by atoms with E-state index in [0.717, 1.165) is 17.0 Å². The second-order valence-electron chi connectivity index (χ2n) is 5.04. The summed E-state index contributed by atoms with van der Waals surface area (Å²) in [7, 11) is 3.59. The van der Waals surface area contributed by atoms with Crippen LogP contribution in [-0.2, 0) is 11.8 Å². The van der Waals surface area contributed by atoms with Gasteiger partial charge in [0, 0.05) is 32.4 Å². The Balaban J connectivity index is 1.90. The molecule has 1 amide bonds. The maximum atomic E-state index is 12.8. The number of aryl methyl sites for hydroxylation is 1. The van der Waals surface area contributed by atoms with Gasteiger partial charge in [-0.1, -0.05) is 18.2 Å². The number of benzene rings is 1. The number of ether oxygens (including phenoxy) is 1. The SMILES string of the molecule is CN(C(=O)C1NCCOc2ccccc21)c1cnn(C)c1. The van der Waals surface area contributed by atoms with Crippen molar-refractivity contribution in [2.45, 2.75) is 6.04 Å². The van der Waals surface area contributed by atoms with Gasteiger partial charge in [-0.25, -0.2) is 0 Å². The van der Waals surface area contributed by atoms with Gasteiger partial charge in [-0.05, 0) is 6.07 Å². The van der Waals surface area contributed by atoms with Crippen LogP contribution in [0.2, 0.25) is 0 Å². The van der Waals surface area contributed by atoms with Gasteiger partial charge in [-0.2, -0.15) is 5.10 Å². The summed E-state index contributed by atoms with van der Waals surface area (Å²) in [5.41, 5.74) is 1.64. The highest BCUT2D eigenvalue weighted by Gasteiger charge is 2.28. The monoisotopic (exact) mass is 286 g/mol. The molecule has 1 aromatic carbocycles. The molecule has 21 heavy (non-hydrogen) atoms. The molecule has 6 heteroatoms. The zero-order valence-electron chi connectivity index (χ0n) is 12.1. The number of nitrogens with zero attached hydrogens (tertiary/aromatic N) is 3. The van der Waals surface area contributed by atoms with E-state index in [4.69, 9.17) is 4.74 Å². The Morgan fingerprint density at radius 1 is 1.48 bits per heavy atom. The second-order valence-corrected chi connectivity index (χ2v) is 5.04. The van der Waals surface area contributed by atoms with E-state index in [1.165, 1.54) is 0 Å². The minimum Gasteiger partial charge on any atom is -0.492 e. The summed E-state index contributed by atoms with van der Waals surface area (Å²) in [6.45, 7) is 1.18. The van der Waals surface area contributed by atoms with Crippen LogP contribution in [-0.4, -0.2) is 35.9 Å². The summed E-state index contributed by atoms with van der Waals surface area (Å²) in [5, 5.41) is 7.36. The average molecular weight is 286 g/mol. The van der Waals surface area contributed by atoms with Crippen molar-refractivity contribution in [1.29, 1.82) is 0 Å². The Kier molecular flexibility index (Phi) is 3.62. The lowest BCUT2D eigenvalue weighted by Crippen LogP contribution is -2.39. The van der Waals surface area contributed by atoms with E-state index in [1.807, 2.05) is 37.5 Å². The zero-order chi connectivity index (χ0) is 14.8. The Morgan fingerprint density at radius 3 is 3.05 bits per heavy atom. The van der Waals surface area contributed by atoms with Gasteiger partial charge in [0.15, 0.2) is 0 Å². The van der Waals surface area contributed by atoms with Gasteiger partial charge in [-0.3, -0.25) is 14.8 Å². The fourth-order valence-corrected chi connectivity index (χ4v) is 2.45. The third-order valence-corrected chi connectivity index (χ3v) is 3.59. The highest BCUT2D eigenvalue weighted by Crippen LogP contribution is 2.29. The van der Waals surface area contributed by atoms with Gasteiger partial charge < -0.3 is 9.64 Å². The number of para-hydroxylation sites is 1. The third kappa shape index (κ3) is 2.62. The number of amides is 1. The van der Waals surface area contributed by atoms with Gasteiger partial charge in [0.25, 0.3) is 0 Å². The van der Waals surface area contributed by atoms with Crippen LogP contribution in [0.3, 0.4) is 0 Å². The van der Waals surface area contributed by atoms with Crippen molar-refractivity contribution < 1.29 is 9.53 Å². The molecule has 0 spiro atoms. The lowest BCUT2D eigenvalue weighted by Gasteiger charge is -2.23. The predicted octanol–water partition coefficient (Wildman–Crippen LogP) is 1.11. The molecular weight excluding hydrogens is 268 g/mol. The van der Waals surface area contributed by atoms with Crippen LogP contribution in [0.4, 0.5) is 5.69 Å². The standard InChI is InChI=1S/C15H18N4O2/c1-18-10-11(9-17-18)19(2)15(20)14-12-5-3-4-6-13(12)21-8-7-16-14/h3-6,9-10,14,16H,7-8H2,1-2H3. The molecule has 1 N–H and O–H groups in total. The smallest absolute Gasteiger partial charge is 0.248 e. The Bertz CT molecular complexity index is 653. The molecule has 1 atom stereocenters. The minimum absolute atomic E-state index is 0.0269. The predicted molar refractivity (Wildman–Crippen MR) is 79.3 cm³/mol. The van der Waals surface area contributed by atoms with E-state index in [0.29, 0.717) is 13.2 Å².